The molecule has 0 spiro atoms. The van der Waals surface area contributed by atoms with E-state index in [2.05, 4.69) is 160 Å². The lowest BCUT2D eigenvalue weighted by Gasteiger charge is -2.26. The second kappa shape index (κ2) is 17.3. The first-order valence-corrected chi connectivity index (χ1v) is 16.3. The van der Waals surface area contributed by atoms with Gasteiger partial charge in [-0.1, -0.05) is 163 Å². The number of benzene rings is 4. The number of hydrogen-bond acceptors (Lipinski definition) is 3. The maximum atomic E-state index is 5.08. The number of aliphatic imine (C=N–C) groups is 3. The Labute approximate surface area is 260 Å². The first-order chi connectivity index (χ1) is 20.6. The van der Waals surface area contributed by atoms with E-state index >= 15 is 0 Å². The number of nitrogens with one attached hydrogen (secondary N) is 1. The predicted molar refractivity (Wildman–Crippen MR) is 188 cm³/mol. The van der Waals surface area contributed by atoms with Gasteiger partial charge in [0.2, 0.25) is 0 Å². The van der Waals surface area contributed by atoms with Gasteiger partial charge in [-0.15, -0.1) is 0 Å². The molecular weight excluding hydrogens is 543 g/mol. The van der Waals surface area contributed by atoms with Crippen LogP contribution in [0.3, 0.4) is 0 Å². The number of hydrogen-bond donors (Lipinski definition) is 1. The maximum absolute atomic E-state index is 5.08. The van der Waals surface area contributed by atoms with Gasteiger partial charge in [-0.25, -0.2) is 9.98 Å². The summed E-state index contributed by atoms with van der Waals surface area (Å²) in [6.45, 7) is 16.2. The van der Waals surface area contributed by atoms with Crippen LogP contribution in [0.1, 0.15) is 52.7 Å². The number of nitrogens with zero attached hydrogens (tertiary/aromatic N) is 3. The Hall–Kier alpha value is -3.84. The Bertz CT molecular complexity index is 1380. The molecule has 0 aliphatic carbocycles. The highest BCUT2D eigenvalue weighted by molar-refractivity contribution is 7.87. The van der Waals surface area contributed by atoms with Crippen LogP contribution in [0, 0.1) is 10.8 Å². The fraction of sp³-hybridized carbons (Fsp3) is 0.316. The van der Waals surface area contributed by atoms with E-state index in [4.69, 9.17) is 4.99 Å². The summed E-state index contributed by atoms with van der Waals surface area (Å²) in [4.78, 5) is 13.4. The summed E-state index contributed by atoms with van der Waals surface area (Å²) >= 11 is 0. The standard InChI is InChI=1S/C25H29N2P.C13H18N2/c1-25(2,3)20-27-24(26-19-21-13-7-4-8-14-21)28(22-15-9-5-10-16-22)23-17-11-6-12-18-23;1-13(2,3)10-15-11-14-9-12-7-5-4-6-8-12/h4-18H,19-20H2,1-3H3,(H,26,27);4-8H,9-10H2,1-3H3. The lowest BCUT2D eigenvalue weighted by atomic mass is 9.97. The van der Waals surface area contributed by atoms with Gasteiger partial charge in [-0.05, 0) is 32.6 Å². The highest BCUT2D eigenvalue weighted by Crippen LogP contribution is 2.35. The molecule has 0 bridgehead atoms. The first kappa shape index (κ1) is 33.7. The van der Waals surface area contributed by atoms with E-state index in [1.807, 2.05) is 24.3 Å². The van der Waals surface area contributed by atoms with Gasteiger partial charge >= 0.3 is 0 Å². The van der Waals surface area contributed by atoms with Crippen molar-refractivity contribution in [3.05, 3.63) is 132 Å². The zero-order chi connectivity index (χ0) is 31.0. The Morgan fingerprint density at radius 1 is 0.581 bits per heavy atom. The third-order valence-corrected chi connectivity index (χ3v) is 8.42. The van der Waals surface area contributed by atoms with E-state index in [-0.39, 0.29) is 10.8 Å². The van der Waals surface area contributed by atoms with Gasteiger partial charge in [0.15, 0.2) is 0 Å². The van der Waals surface area contributed by atoms with E-state index in [9.17, 15) is 0 Å². The van der Waals surface area contributed by atoms with Crippen molar-refractivity contribution in [3.63, 3.8) is 0 Å². The molecule has 0 atom stereocenters. The normalized spacial score (nSPS) is 11.7. The molecule has 43 heavy (non-hydrogen) atoms. The van der Waals surface area contributed by atoms with Gasteiger partial charge < -0.3 is 5.32 Å². The van der Waals surface area contributed by atoms with Crippen LogP contribution in [0.25, 0.3) is 0 Å². The summed E-state index contributed by atoms with van der Waals surface area (Å²) in [5.41, 5.74) is 3.91. The molecule has 0 saturated carbocycles. The molecule has 0 saturated heterocycles. The summed E-state index contributed by atoms with van der Waals surface area (Å²) in [5, 5.41) is 6.34. The zero-order valence-corrected chi connectivity index (χ0v) is 27.6. The first-order valence-electron chi connectivity index (χ1n) is 15.0. The van der Waals surface area contributed by atoms with Crippen molar-refractivity contribution in [1.29, 1.82) is 0 Å². The second-order valence-electron chi connectivity index (χ2n) is 12.8. The monoisotopic (exact) mass is 590 g/mol. The Balaban J connectivity index is 0.000000285. The van der Waals surface area contributed by atoms with E-state index in [1.165, 1.54) is 21.7 Å². The summed E-state index contributed by atoms with van der Waals surface area (Å²) in [6.07, 6.45) is 0. The molecule has 4 aromatic rings. The van der Waals surface area contributed by atoms with Crippen LogP contribution in [0.15, 0.2) is 136 Å². The Morgan fingerprint density at radius 3 is 1.47 bits per heavy atom. The average Bonchev–Trinajstić information content (AvgIpc) is 3.00. The van der Waals surface area contributed by atoms with Crippen LogP contribution in [0.4, 0.5) is 0 Å². The van der Waals surface area contributed by atoms with Crippen molar-refractivity contribution in [1.82, 2.24) is 5.32 Å². The minimum atomic E-state index is -0.725. The van der Waals surface area contributed by atoms with E-state index < -0.39 is 7.92 Å². The molecule has 0 heterocycles. The van der Waals surface area contributed by atoms with Crippen LogP contribution in [-0.4, -0.2) is 24.7 Å². The molecule has 1 N–H and O–H groups in total. The smallest absolute Gasteiger partial charge is 0.129 e. The molecule has 0 amide bonds. The van der Waals surface area contributed by atoms with Crippen LogP contribution >= 0.6 is 7.92 Å². The summed E-state index contributed by atoms with van der Waals surface area (Å²) < 4.78 is 0. The van der Waals surface area contributed by atoms with Crippen molar-refractivity contribution in [2.45, 2.75) is 54.6 Å². The van der Waals surface area contributed by atoms with Gasteiger partial charge in [0.1, 0.15) is 5.58 Å². The summed E-state index contributed by atoms with van der Waals surface area (Å²) in [6, 6.07) is 44.8. The molecule has 0 aromatic heterocycles. The summed E-state index contributed by atoms with van der Waals surface area (Å²) in [5.74, 6) is 0. The van der Waals surface area contributed by atoms with Crippen LogP contribution in [-0.2, 0) is 13.1 Å². The molecule has 0 fully saturated rings. The van der Waals surface area contributed by atoms with E-state index in [0.29, 0.717) is 13.1 Å². The largest absolute Gasteiger partial charge is 0.369 e. The second-order valence-corrected chi connectivity index (χ2v) is 15.0. The third-order valence-electron chi connectivity index (χ3n) is 6.07. The fourth-order valence-corrected chi connectivity index (χ4v) is 6.06. The molecule has 0 aliphatic rings. The number of rotatable bonds is 9. The number of amidine groups is 1. The quantitative estimate of drug-likeness (QED) is 0.118. The average molecular weight is 591 g/mol. The Morgan fingerprint density at radius 2 is 1.02 bits per heavy atom. The predicted octanol–water partition coefficient (Wildman–Crippen LogP) is 8.72. The molecule has 4 rings (SSSR count). The lowest BCUT2D eigenvalue weighted by Crippen LogP contribution is -2.35. The van der Waals surface area contributed by atoms with Crippen LogP contribution < -0.4 is 15.9 Å². The molecule has 0 unspecified atom stereocenters. The van der Waals surface area contributed by atoms with Gasteiger partial charge in [0.25, 0.3) is 0 Å². The molecule has 0 radical (unpaired) electrons. The van der Waals surface area contributed by atoms with Gasteiger partial charge in [-0.2, -0.15) is 0 Å². The van der Waals surface area contributed by atoms with Crippen molar-refractivity contribution in [2.75, 3.05) is 13.1 Å². The highest BCUT2D eigenvalue weighted by atomic mass is 31.1. The molecule has 4 nitrogen and oxygen atoms in total. The zero-order valence-electron chi connectivity index (χ0n) is 26.7. The molecular formula is C38H47N4P. The van der Waals surface area contributed by atoms with E-state index in [0.717, 1.165) is 18.7 Å². The minimum absolute atomic E-state index is 0.182. The van der Waals surface area contributed by atoms with Crippen molar-refractivity contribution < 1.29 is 0 Å². The van der Waals surface area contributed by atoms with Gasteiger partial charge in [0.05, 0.1) is 25.6 Å². The van der Waals surface area contributed by atoms with Crippen molar-refractivity contribution >= 4 is 30.1 Å². The van der Waals surface area contributed by atoms with Crippen molar-refractivity contribution in [3.8, 4) is 0 Å². The topological polar surface area (TPSA) is 49.1 Å². The van der Waals surface area contributed by atoms with Gasteiger partial charge in [-0.3, -0.25) is 4.99 Å². The highest BCUT2D eigenvalue weighted by Gasteiger charge is 2.22. The van der Waals surface area contributed by atoms with Gasteiger partial charge in [0, 0.05) is 14.5 Å². The molecule has 224 valence electrons. The SMILES string of the molecule is CC(C)(C)CN=C=NCc1ccccc1.CC(C)(C)CNC(=NCc1ccccc1)P(c1ccccc1)c1ccccc1. The fourth-order valence-electron chi connectivity index (χ4n) is 3.88. The van der Waals surface area contributed by atoms with Crippen molar-refractivity contribution in [2.24, 2.45) is 25.8 Å². The third kappa shape index (κ3) is 13.8. The molecule has 0 aliphatic heterocycles. The maximum Gasteiger partial charge on any atom is 0.129 e. The molecule has 4 aromatic carbocycles. The lowest BCUT2D eigenvalue weighted by molar-refractivity contribution is 0.409. The van der Waals surface area contributed by atoms with Crippen LogP contribution in [0.2, 0.25) is 0 Å². The summed E-state index contributed by atoms with van der Waals surface area (Å²) in [7, 11) is -0.725. The Kier molecular flexibility index (Phi) is 13.6. The molecule has 5 heteroatoms. The van der Waals surface area contributed by atoms with Crippen LogP contribution in [0.5, 0.6) is 0 Å². The van der Waals surface area contributed by atoms with E-state index in [1.54, 1.807) is 0 Å². The minimum Gasteiger partial charge on any atom is -0.369 e.